The molecule has 0 fully saturated rings. The van der Waals surface area contributed by atoms with Crippen LogP contribution in [0.4, 0.5) is 5.69 Å². The van der Waals surface area contributed by atoms with Crippen molar-refractivity contribution in [3.05, 3.63) is 75.0 Å². The number of hydrogen-bond donors (Lipinski definition) is 0. The van der Waals surface area contributed by atoms with Crippen LogP contribution < -0.4 is 5.56 Å². The van der Waals surface area contributed by atoms with Gasteiger partial charge in [0, 0.05) is 24.4 Å². The third-order valence-corrected chi connectivity index (χ3v) is 3.09. The van der Waals surface area contributed by atoms with E-state index in [4.69, 9.17) is 4.42 Å². The highest BCUT2D eigenvalue weighted by Gasteiger charge is 2.08. The highest BCUT2D eigenvalue weighted by atomic mass is 16.6. The van der Waals surface area contributed by atoms with Crippen LogP contribution >= 0.6 is 0 Å². The first-order valence-electron chi connectivity index (χ1n) is 6.34. The predicted molar refractivity (Wildman–Crippen MR) is 76.2 cm³/mol. The van der Waals surface area contributed by atoms with Crippen molar-refractivity contribution in [2.75, 3.05) is 0 Å². The van der Waals surface area contributed by atoms with E-state index < -0.39 is 4.92 Å². The van der Waals surface area contributed by atoms with Gasteiger partial charge in [0.05, 0.1) is 17.0 Å². The van der Waals surface area contributed by atoms with Gasteiger partial charge in [-0.05, 0) is 11.6 Å². The summed E-state index contributed by atoms with van der Waals surface area (Å²) in [5.41, 5.74) is 1.21. The molecule has 0 amide bonds. The maximum atomic E-state index is 11.9. The average Bonchev–Trinajstić information content (AvgIpc) is 3.04. The molecule has 3 rings (SSSR count). The normalized spacial score (nSPS) is 10.5. The van der Waals surface area contributed by atoms with Crippen LogP contribution in [0.5, 0.6) is 0 Å². The van der Waals surface area contributed by atoms with Crippen LogP contribution in [0.1, 0.15) is 5.56 Å². The van der Waals surface area contributed by atoms with Gasteiger partial charge in [0.1, 0.15) is 0 Å². The van der Waals surface area contributed by atoms with E-state index in [1.807, 2.05) is 0 Å². The van der Waals surface area contributed by atoms with Gasteiger partial charge in [-0.3, -0.25) is 14.9 Å². The number of nitro benzene ring substituents is 1. The van der Waals surface area contributed by atoms with Crippen LogP contribution in [-0.4, -0.2) is 19.7 Å². The lowest BCUT2D eigenvalue weighted by atomic mass is 10.2. The molecule has 0 saturated carbocycles. The zero-order chi connectivity index (χ0) is 15.5. The average molecular weight is 298 g/mol. The van der Waals surface area contributed by atoms with Gasteiger partial charge in [0.2, 0.25) is 12.3 Å². The first-order valence-corrected chi connectivity index (χ1v) is 6.34. The van der Waals surface area contributed by atoms with E-state index in [1.165, 1.54) is 29.2 Å². The van der Waals surface area contributed by atoms with Crippen LogP contribution in [0, 0.1) is 10.1 Å². The predicted octanol–water partition coefficient (Wildman–Crippen LogP) is 1.85. The molecule has 8 heteroatoms. The molecular formula is C14H10N4O4. The van der Waals surface area contributed by atoms with E-state index in [2.05, 4.69) is 10.2 Å². The van der Waals surface area contributed by atoms with Gasteiger partial charge >= 0.3 is 0 Å². The molecule has 3 aromatic rings. The molecule has 0 aliphatic rings. The van der Waals surface area contributed by atoms with E-state index in [9.17, 15) is 14.9 Å². The van der Waals surface area contributed by atoms with Crippen LogP contribution in [0.3, 0.4) is 0 Å². The summed E-state index contributed by atoms with van der Waals surface area (Å²) in [7, 11) is 0. The van der Waals surface area contributed by atoms with E-state index in [0.29, 0.717) is 18.0 Å². The second kappa shape index (κ2) is 5.60. The monoisotopic (exact) mass is 298 g/mol. The Balaban J connectivity index is 1.90. The molecule has 2 aromatic heterocycles. The topological polar surface area (TPSA) is 104 Å². The molecule has 0 aliphatic heterocycles. The molecule has 1 aromatic carbocycles. The van der Waals surface area contributed by atoms with Crippen molar-refractivity contribution in [2.24, 2.45) is 0 Å². The molecule has 0 unspecified atom stereocenters. The number of nitrogens with zero attached hydrogens (tertiary/aromatic N) is 4. The van der Waals surface area contributed by atoms with Crippen LogP contribution in [0.25, 0.3) is 11.5 Å². The first-order chi connectivity index (χ1) is 10.6. The van der Waals surface area contributed by atoms with Gasteiger partial charge in [0.25, 0.3) is 11.2 Å². The first kappa shape index (κ1) is 13.7. The summed E-state index contributed by atoms with van der Waals surface area (Å²) in [6.45, 7) is 0.290. The Bertz CT molecular complexity index is 853. The van der Waals surface area contributed by atoms with Crippen molar-refractivity contribution in [3.63, 3.8) is 0 Å². The molecule has 0 N–H and O–H groups in total. The molecule has 0 spiro atoms. The fourth-order valence-corrected chi connectivity index (χ4v) is 2.00. The Morgan fingerprint density at radius 1 is 1.18 bits per heavy atom. The standard InChI is InChI=1S/C14H10N4O4/c19-13-6-3-11(14-16-15-9-22-14)8-17(13)7-10-1-4-12(5-2-10)18(20)21/h1-6,8-9H,7H2. The van der Waals surface area contributed by atoms with Crippen LogP contribution in [0.15, 0.2) is 58.2 Å². The number of hydrogen-bond acceptors (Lipinski definition) is 6. The Labute approximate surface area is 123 Å². The van der Waals surface area contributed by atoms with E-state index in [-0.39, 0.29) is 11.2 Å². The summed E-state index contributed by atoms with van der Waals surface area (Å²) >= 11 is 0. The molecule has 0 saturated heterocycles. The smallest absolute Gasteiger partial charge is 0.269 e. The maximum Gasteiger partial charge on any atom is 0.269 e. The molecule has 8 nitrogen and oxygen atoms in total. The second-order valence-electron chi connectivity index (χ2n) is 4.55. The van der Waals surface area contributed by atoms with Gasteiger partial charge in [-0.25, -0.2) is 0 Å². The molecule has 0 radical (unpaired) electrons. The minimum Gasteiger partial charge on any atom is -0.423 e. The number of rotatable bonds is 4. The quantitative estimate of drug-likeness (QED) is 0.537. The molecule has 0 bridgehead atoms. The Hall–Kier alpha value is -3.29. The molecular weight excluding hydrogens is 288 g/mol. The summed E-state index contributed by atoms with van der Waals surface area (Å²) < 4.78 is 6.57. The number of benzene rings is 1. The second-order valence-corrected chi connectivity index (χ2v) is 4.55. The third kappa shape index (κ3) is 2.75. The fraction of sp³-hybridized carbons (Fsp3) is 0.0714. The Kier molecular flexibility index (Phi) is 3.48. The summed E-state index contributed by atoms with van der Waals surface area (Å²) in [5.74, 6) is 0.317. The van der Waals surface area contributed by atoms with Crippen LogP contribution in [-0.2, 0) is 6.54 Å². The summed E-state index contributed by atoms with van der Waals surface area (Å²) in [5, 5.41) is 18.0. The summed E-state index contributed by atoms with van der Waals surface area (Å²) in [4.78, 5) is 22.1. The van der Waals surface area contributed by atoms with Crippen molar-refractivity contribution < 1.29 is 9.34 Å². The highest BCUT2D eigenvalue weighted by molar-refractivity contribution is 5.50. The van der Waals surface area contributed by atoms with Crippen molar-refractivity contribution in [3.8, 4) is 11.5 Å². The maximum absolute atomic E-state index is 11.9. The van der Waals surface area contributed by atoms with Crippen molar-refractivity contribution in [1.29, 1.82) is 0 Å². The third-order valence-electron chi connectivity index (χ3n) is 3.09. The molecule has 2 heterocycles. The number of pyridine rings is 1. The summed E-state index contributed by atoms with van der Waals surface area (Å²) in [6.07, 6.45) is 2.82. The van der Waals surface area contributed by atoms with Crippen molar-refractivity contribution in [1.82, 2.24) is 14.8 Å². The zero-order valence-corrected chi connectivity index (χ0v) is 11.2. The highest BCUT2D eigenvalue weighted by Crippen LogP contribution is 2.15. The molecule has 0 aliphatic carbocycles. The minimum absolute atomic E-state index is 0.00991. The van der Waals surface area contributed by atoms with Gasteiger partial charge in [-0.1, -0.05) is 12.1 Å². The minimum atomic E-state index is -0.466. The zero-order valence-electron chi connectivity index (χ0n) is 11.2. The van der Waals surface area contributed by atoms with Gasteiger partial charge in [0.15, 0.2) is 0 Å². The Morgan fingerprint density at radius 2 is 1.95 bits per heavy atom. The molecule has 22 heavy (non-hydrogen) atoms. The molecule has 0 atom stereocenters. The van der Waals surface area contributed by atoms with Crippen molar-refractivity contribution in [2.45, 2.75) is 6.54 Å². The lowest BCUT2D eigenvalue weighted by Gasteiger charge is -2.06. The van der Waals surface area contributed by atoms with E-state index in [0.717, 1.165) is 5.56 Å². The molecule has 110 valence electrons. The van der Waals surface area contributed by atoms with Gasteiger partial charge in [-0.2, -0.15) is 0 Å². The lowest BCUT2D eigenvalue weighted by Crippen LogP contribution is -2.19. The number of nitro groups is 1. The van der Waals surface area contributed by atoms with E-state index in [1.54, 1.807) is 24.4 Å². The number of aromatic nitrogens is 3. The SMILES string of the molecule is O=c1ccc(-c2nnco2)cn1Cc1ccc([N+](=O)[O-])cc1. The summed E-state index contributed by atoms with van der Waals surface area (Å²) in [6, 6.07) is 9.05. The fourth-order valence-electron chi connectivity index (χ4n) is 2.00. The largest absolute Gasteiger partial charge is 0.423 e. The van der Waals surface area contributed by atoms with Gasteiger partial charge in [-0.15, -0.1) is 10.2 Å². The number of non-ortho nitro benzene ring substituents is 1. The van der Waals surface area contributed by atoms with Crippen LogP contribution in [0.2, 0.25) is 0 Å². The lowest BCUT2D eigenvalue weighted by molar-refractivity contribution is -0.384. The van der Waals surface area contributed by atoms with Crippen molar-refractivity contribution >= 4 is 5.69 Å². The van der Waals surface area contributed by atoms with Gasteiger partial charge < -0.3 is 8.98 Å². The van der Waals surface area contributed by atoms with E-state index >= 15 is 0 Å². The Morgan fingerprint density at radius 3 is 2.59 bits per heavy atom.